The minimum Gasteiger partial charge on any atom is -0.360 e. The number of aryl methyl sites for hydroxylation is 2. The Morgan fingerprint density at radius 2 is 1.79 bits per heavy atom. The Bertz CT molecular complexity index is 784. The maximum Gasteiger partial charge on any atom is 0.209 e. The van der Waals surface area contributed by atoms with Gasteiger partial charge in [-0.1, -0.05) is 38.8 Å². The minimum atomic E-state index is 0.372. The maximum atomic E-state index is 4.53. The van der Waals surface area contributed by atoms with E-state index in [4.69, 9.17) is 0 Å². The zero-order valence-corrected chi connectivity index (χ0v) is 17.9. The molecule has 6 heteroatoms. The second-order valence-corrected chi connectivity index (χ2v) is 9.08. The molecule has 1 aliphatic heterocycles. The van der Waals surface area contributed by atoms with Crippen LogP contribution in [-0.4, -0.2) is 46.4 Å². The molecule has 6 nitrogen and oxygen atoms in total. The molecule has 0 unspecified atom stereocenters. The van der Waals surface area contributed by atoms with Crippen molar-refractivity contribution in [3.63, 3.8) is 0 Å². The van der Waals surface area contributed by atoms with E-state index in [2.05, 4.69) is 71.0 Å². The van der Waals surface area contributed by atoms with Gasteiger partial charge in [0.05, 0.1) is 32.2 Å². The predicted molar refractivity (Wildman–Crippen MR) is 112 cm³/mol. The molecule has 28 heavy (non-hydrogen) atoms. The first kappa shape index (κ1) is 19.4. The standard InChI is InChI=1S/C22H34N6/c1-16(2)21(22-23-24-25-28(22)19-7-5-6-8-19)27-13-11-26(12-14-27)20-15-17(3)9-10-18(20)4/h9-10,15-16,19,21H,5-8,11-14H2,1-4H3/p+1/t21-/m1/s1. The Hall–Kier alpha value is -1.95. The highest BCUT2D eigenvalue weighted by Gasteiger charge is 2.36. The van der Waals surface area contributed by atoms with E-state index in [-0.39, 0.29) is 0 Å². The summed E-state index contributed by atoms with van der Waals surface area (Å²) in [5, 5.41) is 13.0. The summed E-state index contributed by atoms with van der Waals surface area (Å²) in [6.07, 6.45) is 5.05. The van der Waals surface area contributed by atoms with Crippen LogP contribution in [-0.2, 0) is 0 Å². The van der Waals surface area contributed by atoms with Crippen LogP contribution < -0.4 is 9.80 Å². The Morgan fingerprint density at radius 3 is 2.46 bits per heavy atom. The van der Waals surface area contributed by atoms with E-state index in [1.807, 2.05) is 0 Å². The van der Waals surface area contributed by atoms with Gasteiger partial charge < -0.3 is 9.80 Å². The first-order valence-corrected chi connectivity index (χ1v) is 11.0. The average molecular weight is 384 g/mol. The number of nitrogens with zero attached hydrogens (tertiary/aromatic N) is 5. The van der Waals surface area contributed by atoms with Crippen molar-refractivity contribution in [3.05, 3.63) is 35.2 Å². The molecular weight excluding hydrogens is 348 g/mol. The molecule has 0 bridgehead atoms. The largest absolute Gasteiger partial charge is 0.360 e. The number of rotatable bonds is 5. The van der Waals surface area contributed by atoms with Crippen molar-refractivity contribution in [2.24, 2.45) is 5.92 Å². The Labute approximate surface area is 168 Å². The maximum absolute atomic E-state index is 4.53. The molecule has 0 amide bonds. The highest BCUT2D eigenvalue weighted by Crippen LogP contribution is 2.31. The van der Waals surface area contributed by atoms with Crippen molar-refractivity contribution in [2.75, 3.05) is 31.1 Å². The van der Waals surface area contributed by atoms with Gasteiger partial charge in [-0.2, -0.15) is 0 Å². The van der Waals surface area contributed by atoms with Gasteiger partial charge in [0.1, 0.15) is 0 Å². The van der Waals surface area contributed by atoms with Gasteiger partial charge in [0.15, 0.2) is 6.04 Å². The molecule has 1 N–H and O–H groups in total. The topological polar surface area (TPSA) is 51.3 Å². The fraction of sp³-hybridized carbons (Fsp3) is 0.682. The first-order valence-electron chi connectivity index (χ1n) is 11.0. The number of benzene rings is 1. The summed E-state index contributed by atoms with van der Waals surface area (Å²) >= 11 is 0. The normalized spacial score (nSPS) is 20.2. The number of piperazine rings is 1. The highest BCUT2D eigenvalue weighted by molar-refractivity contribution is 5.55. The SMILES string of the molecule is Cc1ccc(C)c(N2CC[NH+]([C@@H](c3nnnn3C3CCCC3)C(C)C)CC2)c1. The van der Waals surface area contributed by atoms with Crippen molar-refractivity contribution in [1.82, 2.24) is 20.2 Å². The average Bonchev–Trinajstić information content (AvgIpc) is 3.36. The highest BCUT2D eigenvalue weighted by atomic mass is 15.6. The van der Waals surface area contributed by atoms with Crippen LogP contribution in [0.15, 0.2) is 18.2 Å². The quantitative estimate of drug-likeness (QED) is 0.862. The summed E-state index contributed by atoms with van der Waals surface area (Å²) in [6.45, 7) is 13.5. The van der Waals surface area contributed by atoms with Crippen molar-refractivity contribution in [1.29, 1.82) is 0 Å². The second-order valence-electron chi connectivity index (χ2n) is 9.08. The van der Waals surface area contributed by atoms with E-state index < -0.39 is 0 Å². The van der Waals surface area contributed by atoms with Gasteiger partial charge in [0, 0.05) is 11.6 Å². The van der Waals surface area contributed by atoms with Crippen molar-refractivity contribution in [2.45, 2.75) is 65.5 Å². The molecule has 1 atom stereocenters. The molecule has 2 aliphatic rings. The molecular formula is C22H35N6+. The lowest BCUT2D eigenvalue weighted by atomic mass is 10.00. The third-order valence-electron chi connectivity index (χ3n) is 6.68. The molecule has 1 aromatic carbocycles. The molecule has 0 spiro atoms. The van der Waals surface area contributed by atoms with Crippen LogP contribution >= 0.6 is 0 Å². The fourth-order valence-electron chi connectivity index (χ4n) is 5.17. The lowest BCUT2D eigenvalue weighted by Gasteiger charge is -2.39. The predicted octanol–water partition coefficient (Wildman–Crippen LogP) is 2.51. The van der Waals surface area contributed by atoms with Gasteiger partial charge in [-0.25, -0.2) is 4.68 Å². The zero-order chi connectivity index (χ0) is 19.7. The van der Waals surface area contributed by atoms with Crippen LogP contribution in [0.4, 0.5) is 5.69 Å². The molecule has 2 heterocycles. The summed E-state index contributed by atoms with van der Waals surface area (Å²) in [6, 6.07) is 7.66. The van der Waals surface area contributed by atoms with Crippen LogP contribution in [0.1, 0.15) is 68.6 Å². The molecule has 1 saturated carbocycles. The second kappa shape index (κ2) is 8.19. The number of tetrazole rings is 1. The van der Waals surface area contributed by atoms with E-state index >= 15 is 0 Å². The van der Waals surface area contributed by atoms with E-state index in [0.717, 1.165) is 32.0 Å². The summed E-state index contributed by atoms with van der Waals surface area (Å²) in [5.74, 6) is 1.63. The lowest BCUT2D eigenvalue weighted by Crippen LogP contribution is -3.15. The lowest BCUT2D eigenvalue weighted by molar-refractivity contribution is -0.937. The van der Waals surface area contributed by atoms with Crippen LogP contribution in [0.3, 0.4) is 0 Å². The number of anilines is 1. The molecule has 1 aromatic heterocycles. The Kier molecular flexibility index (Phi) is 5.67. The fourth-order valence-corrected chi connectivity index (χ4v) is 5.17. The van der Waals surface area contributed by atoms with Crippen molar-refractivity contribution < 1.29 is 4.90 Å². The smallest absolute Gasteiger partial charge is 0.209 e. The van der Waals surface area contributed by atoms with Crippen LogP contribution in [0.2, 0.25) is 0 Å². The number of aromatic nitrogens is 4. The molecule has 1 aliphatic carbocycles. The monoisotopic (exact) mass is 383 g/mol. The van der Waals surface area contributed by atoms with E-state index in [1.54, 1.807) is 4.90 Å². The number of hydrogen-bond acceptors (Lipinski definition) is 4. The van der Waals surface area contributed by atoms with Gasteiger partial charge in [-0.15, -0.1) is 5.10 Å². The van der Waals surface area contributed by atoms with E-state index in [1.165, 1.54) is 42.5 Å². The van der Waals surface area contributed by atoms with Gasteiger partial charge in [0.25, 0.3) is 0 Å². The number of hydrogen-bond donors (Lipinski definition) is 1. The van der Waals surface area contributed by atoms with E-state index in [0.29, 0.717) is 18.0 Å². The zero-order valence-electron chi connectivity index (χ0n) is 17.9. The molecule has 4 rings (SSSR count). The van der Waals surface area contributed by atoms with Gasteiger partial charge in [-0.05, 0) is 54.3 Å². The van der Waals surface area contributed by atoms with Crippen molar-refractivity contribution in [3.8, 4) is 0 Å². The van der Waals surface area contributed by atoms with Crippen LogP contribution in [0.5, 0.6) is 0 Å². The Balaban J connectivity index is 1.50. The Morgan fingerprint density at radius 1 is 1.07 bits per heavy atom. The summed E-state index contributed by atoms with van der Waals surface area (Å²) < 4.78 is 2.17. The number of quaternary nitrogens is 1. The minimum absolute atomic E-state index is 0.372. The third kappa shape index (κ3) is 3.79. The van der Waals surface area contributed by atoms with Crippen LogP contribution in [0, 0.1) is 19.8 Å². The van der Waals surface area contributed by atoms with Gasteiger partial charge >= 0.3 is 0 Å². The summed E-state index contributed by atoms with van der Waals surface area (Å²) in [7, 11) is 0. The molecule has 2 aromatic rings. The molecule has 1 saturated heterocycles. The molecule has 152 valence electrons. The van der Waals surface area contributed by atoms with E-state index in [9.17, 15) is 0 Å². The summed E-state index contributed by atoms with van der Waals surface area (Å²) in [4.78, 5) is 4.19. The van der Waals surface area contributed by atoms with Crippen LogP contribution in [0.25, 0.3) is 0 Å². The molecule has 2 fully saturated rings. The summed E-state index contributed by atoms with van der Waals surface area (Å²) in [5.41, 5.74) is 4.11. The third-order valence-corrected chi connectivity index (χ3v) is 6.68. The van der Waals surface area contributed by atoms with Gasteiger partial charge in [0.2, 0.25) is 5.82 Å². The van der Waals surface area contributed by atoms with Crippen molar-refractivity contribution >= 4 is 5.69 Å². The van der Waals surface area contributed by atoms with Gasteiger partial charge in [-0.3, -0.25) is 0 Å². The molecule has 0 radical (unpaired) electrons. The number of nitrogens with one attached hydrogen (secondary N) is 1. The first-order chi connectivity index (χ1) is 13.5.